The largest absolute Gasteiger partial charge is 0.490 e. The lowest BCUT2D eigenvalue weighted by molar-refractivity contribution is -0.135. The molecule has 0 N–H and O–H groups in total. The molecule has 158 valence electrons. The van der Waals surface area contributed by atoms with Crippen molar-refractivity contribution in [1.29, 1.82) is 0 Å². The molecule has 0 amide bonds. The molecule has 0 aliphatic rings. The summed E-state index contributed by atoms with van der Waals surface area (Å²) in [6.07, 6.45) is 10.1. The molecule has 0 saturated heterocycles. The van der Waals surface area contributed by atoms with Gasteiger partial charge in [-0.25, -0.2) is 0 Å². The van der Waals surface area contributed by atoms with E-state index in [1.807, 2.05) is 37.3 Å². The van der Waals surface area contributed by atoms with Crippen LogP contribution in [-0.4, -0.2) is 22.5 Å². The molecule has 1 atom stereocenters. The molecule has 1 unspecified atom stereocenters. The Bertz CT molecular complexity index is 734. The summed E-state index contributed by atoms with van der Waals surface area (Å²) >= 11 is 0. The van der Waals surface area contributed by atoms with Crippen molar-refractivity contribution >= 4 is 5.97 Å². The van der Waals surface area contributed by atoms with Crippen LogP contribution >= 0.6 is 0 Å². The van der Waals surface area contributed by atoms with E-state index >= 15 is 0 Å². The van der Waals surface area contributed by atoms with Gasteiger partial charge in [-0.2, -0.15) is 9.97 Å². The number of carbonyl (C=O) groups excluding carboxylic acids is 1. The van der Waals surface area contributed by atoms with Gasteiger partial charge in [-0.15, -0.1) is 0 Å². The Morgan fingerprint density at radius 1 is 1.03 bits per heavy atom. The SMILES string of the molecule is CCCCCCCCOc1cnc(OC(=O)CC(C)CC)nc1-c1ccccc1. The zero-order valence-electron chi connectivity index (χ0n) is 18.0. The molecule has 0 aliphatic heterocycles. The number of rotatable bonds is 13. The summed E-state index contributed by atoms with van der Waals surface area (Å²) in [5.41, 5.74) is 1.56. The van der Waals surface area contributed by atoms with Crippen molar-refractivity contribution in [2.75, 3.05) is 6.61 Å². The van der Waals surface area contributed by atoms with Crippen LogP contribution in [0, 0.1) is 5.92 Å². The highest BCUT2D eigenvalue weighted by atomic mass is 16.5. The number of unbranched alkanes of at least 4 members (excludes halogenated alkanes) is 5. The Kier molecular flexibility index (Phi) is 10.2. The summed E-state index contributed by atoms with van der Waals surface area (Å²) in [5, 5.41) is 0. The van der Waals surface area contributed by atoms with Crippen molar-refractivity contribution < 1.29 is 14.3 Å². The van der Waals surface area contributed by atoms with Crippen molar-refractivity contribution in [3.63, 3.8) is 0 Å². The van der Waals surface area contributed by atoms with Gasteiger partial charge >= 0.3 is 12.0 Å². The molecule has 0 bridgehead atoms. The molecule has 1 aromatic heterocycles. The molecule has 0 spiro atoms. The number of benzene rings is 1. The Morgan fingerprint density at radius 3 is 2.48 bits per heavy atom. The van der Waals surface area contributed by atoms with E-state index in [0.29, 0.717) is 24.5 Å². The van der Waals surface area contributed by atoms with Crippen LogP contribution in [-0.2, 0) is 4.79 Å². The van der Waals surface area contributed by atoms with Crippen LogP contribution < -0.4 is 9.47 Å². The van der Waals surface area contributed by atoms with E-state index in [4.69, 9.17) is 9.47 Å². The first-order valence-corrected chi connectivity index (χ1v) is 10.9. The zero-order valence-corrected chi connectivity index (χ0v) is 18.0. The maximum Gasteiger partial charge on any atom is 0.325 e. The van der Waals surface area contributed by atoms with Crippen molar-refractivity contribution in [2.45, 2.75) is 72.1 Å². The minimum atomic E-state index is -0.306. The highest BCUT2D eigenvalue weighted by Crippen LogP contribution is 2.29. The fraction of sp³-hybridized carbons (Fsp3) is 0.542. The third-order valence-electron chi connectivity index (χ3n) is 4.95. The van der Waals surface area contributed by atoms with Crippen molar-refractivity contribution in [3.05, 3.63) is 36.5 Å². The van der Waals surface area contributed by atoms with Crippen molar-refractivity contribution in [3.8, 4) is 23.0 Å². The fourth-order valence-corrected chi connectivity index (χ4v) is 2.95. The fourth-order valence-electron chi connectivity index (χ4n) is 2.95. The topological polar surface area (TPSA) is 61.3 Å². The molecule has 0 radical (unpaired) electrons. The molecule has 5 nitrogen and oxygen atoms in total. The van der Waals surface area contributed by atoms with Gasteiger partial charge in [-0.05, 0) is 12.3 Å². The van der Waals surface area contributed by atoms with E-state index in [1.54, 1.807) is 6.20 Å². The molecule has 5 heteroatoms. The van der Waals surface area contributed by atoms with Gasteiger partial charge in [0.05, 0.1) is 12.8 Å². The number of esters is 1. The highest BCUT2D eigenvalue weighted by Gasteiger charge is 2.15. The lowest BCUT2D eigenvalue weighted by Crippen LogP contribution is -2.14. The molecule has 0 aliphatic carbocycles. The van der Waals surface area contributed by atoms with E-state index in [0.717, 1.165) is 24.8 Å². The summed E-state index contributed by atoms with van der Waals surface area (Å²) in [5.74, 6) is 0.585. The minimum Gasteiger partial charge on any atom is -0.490 e. The van der Waals surface area contributed by atoms with Crippen LogP contribution in [0.5, 0.6) is 11.8 Å². The van der Waals surface area contributed by atoms with Crippen LogP contribution in [0.25, 0.3) is 11.3 Å². The third kappa shape index (κ3) is 8.22. The van der Waals surface area contributed by atoms with Crippen LogP contribution in [0.1, 0.15) is 72.1 Å². The van der Waals surface area contributed by atoms with E-state index in [9.17, 15) is 4.79 Å². The molecular weight excluding hydrogens is 364 g/mol. The van der Waals surface area contributed by atoms with Crippen LogP contribution in [0.15, 0.2) is 36.5 Å². The van der Waals surface area contributed by atoms with Gasteiger partial charge < -0.3 is 9.47 Å². The summed E-state index contributed by atoms with van der Waals surface area (Å²) in [7, 11) is 0. The molecule has 1 heterocycles. The Hall–Kier alpha value is -2.43. The lowest BCUT2D eigenvalue weighted by Gasteiger charge is -2.12. The summed E-state index contributed by atoms with van der Waals surface area (Å²) in [6, 6.07) is 9.85. The van der Waals surface area contributed by atoms with Crippen LogP contribution in [0.2, 0.25) is 0 Å². The van der Waals surface area contributed by atoms with E-state index in [2.05, 4.69) is 23.8 Å². The van der Waals surface area contributed by atoms with E-state index < -0.39 is 0 Å². The number of nitrogens with zero attached hydrogens (tertiary/aromatic N) is 2. The van der Waals surface area contributed by atoms with Gasteiger partial charge in [0.1, 0.15) is 5.69 Å². The Morgan fingerprint density at radius 2 is 1.76 bits per heavy atom. The highest BCUT2D eigenvalue weighted by molar-refractivity contribution is 5.72. The molecule has 29 heavy (non-hydrogen) atoms. The molecule has 2 rings (SSSR count). The summed E-state index contributed by atoms with van der Waals surface area (Å²) in [4.78, 5) is 20.8. The molecule has 1 aromatic carbocycles. The Labute approximate surface area is 174 Å². The second-order valence-corrected chi connectivity index (χ2v) is 7.54. The molecule has 0 saturated carbocycles. The normalized spacial score (nSPS) is 11.8. The maximum atomic E-state index is 12.1. The number of aromatic nitrogens is 2. The van der Waals surface area contributed by atoms with Crippen LogP contribution in [0.4, 0.5) is 0 Å². The van der Waals surface area contributed by atoms with E-state index in [-0.39, 0.29) is 17.9 Å². The first kappa shape index (κ1) is 22.9. The quantitative estimate of drug-likeness (QED) is 0.296. The first-order chi connectivity index (χ1) is 14.1. The molecular formula is C24H34N2O3. The minimum absolute atomic E-state index is 0.0732. The van der Waals surface area contributed by atoms with Gasteiger partial charge in [-0.1, -0.05) is 89.6 Å². The van der Waals surface area contributed by atoms with Gasteiger partial charge in [0, 0.05) is 12.0 Å². The van der Waals surface area contributed by atoms with Gasteiger partial charge in [0.15, 0.2) is 5.75 Å². The number of hydrogen-bond acceptors (Lipinski definition) is 5. The number of ether oxygens (including phenoxy) is 2. The average molecular weight is 399 g/mol. The lowest BCUT2D eigenvalue weighted by atomic mass is 10.1. The first-order valence-electron chi connectivity index (χ1n) is 10.9. The monoisotopic (exact) mass is 398 g/mol. The summed E-state index contributed by atoms with van der Waals surface area (Å²) in [6.45, 7) is 6.93. The van der Waals surface area contributed by atoms with Crippen molar-refractivity contribution in [1.82, 2.24) is 9.97 Å². The predicted molar refractivity (Wildman–Crippen MR) is 116 cm³/mol. The number of carbonyl (C=O) groups is 1. The molecule has 0 fully saturated rings. The average Bonchev–Trinajstić information content (AvgIpc) is 2.74. The van der Waals surface area contributed by atoms with Gasteiger partial charge in [0.2, 0.25) is 0 Å². The third-order valence-corrected chi connectivity index (χ3v) is 4.95. The maximum absolute atomic E-state index is 12.1. The standard InChI is InChI=1S/C24H34N2O3/c1-4-6-7-8-9-13-16-28-21-18-25-24(29-22(27)17-19(3)5-2)26-23(21)20-14-11-10-12-15-20/h10-12,14-15,18-19H,4-9,13,16-17H2,1-3H3. The van der Waals surface area contributed by atoms with E-state index in [1.165, 1.54) is 25.7 Å². The van der Waals surface area contributed by atoms with Crippen LogP contribution in [0.3, 0.4) is 0 Å². The van der Waals surface area contributed by atoms with Gasteiger partial charge in [0.25, 0.3) is 0 Å². The summed E-state index contributed by atoms with van der Waals surface area (Å²) < 4.78 is 11.3. The zero-order chi connectivity index (χ0) is 20.9. The number of hydrogen-bond donors (Lipinski definition) is 0. The second kappa shape index (κ2) is 12.9. The Balaban J connectivity index is 2.03. The molecule has 2 aromatic rings. The smallest absolute Gasteiger partial charge is 0.325 e. The second-order valence-electron chi connectivity index (χ2n) is 7.54. The predicted octanol–water partition coefficient (Wildman–Crippen LogP) is 6.22. The van der Waals surface area contributed by atoms with Crippen molar-refractivity contribution in [2.24, 2.45) is 5.92 Å². The van der Waals surface area contributed by atoms with Gasteiger partial charge in [-0.3, -0.25) is 4.79 Å².